The predicted molar refractivity (Wildman–Crippen MR) is 53.7 cm³/mol. The Hall–Kier alpha value is -2.53. The first kappa shape index (κ1) is 10.6. The van der Waals surface area contributed by atoms with Gasteiger partial charge in [-0.1, -0.05) is 0 Å². The number of hydrogen-bond acceptors (Lipinski definition) is 5. The molecule has 74 valence electrons. The van der Waals surface area contributed by atoms with Gasteiger partial charge in [0.1, 0.15) is 17.7 Å². The molecule has 0 bridgehead atoms. The van der Waals surface area contributed by atoms with Gasteiger partial charge in [-0.05, 0) is 6.07 Å². The third kappa shape index (κ3) is 3.02. The first-order valence-electron chi connectivity index (χ1n) is 4.07. The molecular weight excluding hydrogens is 192 g/mol. The van der Waals surface area contributed by atoms with Crippen LogP contribution in [0.5, 0.6) is 5.88 Å². The summed E-state index contributed by atoms with van der Waals surface area (Å²) >= 11 is 0. The molecule has 1 rings (SSSR count). The highest BCUT2D eigenvalue weighted by molar-refractivity contribution is 5.48. The summed E-state index contributed by atoms with van der Waals surface area (Å²) in [6, 6.07) is 6.88. The molecule has 15 heavy (non-hydrogen) atoms. The Labute approximate surface area is 87.2 Å². The summed E-state index contributed by atoms with van der Waals surface area (Å²) in [4.78, 5) is 3.95. The molecule has 0 atom stereocenters. The molecule has 0 amide bonds. The molecule has 0 saturated heterocycles. The Balaban J connectivity index is 2.71. The highest BCUT2D eigenvalue weighted by atomic mass is 16.5. The van der Waals surface area contributed by atoms with Crippen LogP contribution in [-0.2, 0) is 0 Å². The topological polar surface area (TPSA) is 81.7 Å². The average molecular weight is 200 g/mol. The number of nitrogens with zero attached hydrogens (tertiary/aromatic N) is 3. The van der Waals surface area contributed by atoms with E-state index in [0.717, 1.165) is 0 Å². The van der Waals surface area contributed by atoms with Gasteiger partial charge in [-0.15, -0.1) is 0 Å². The highest BCUT2D eigenvalue weighted by Gasteiger charge is 1.94. The molecule has 1 aromatic rings. The number of nitriles is 2. The van der Waals surface area contributed by atoms with E-state index in [1.54, 1.807) is 30.5 Å². The number of methoxy groups -OCH3 is 1. The van der Waals surface area contributed by atoms with Crippen LogP contribution in [0.1, 0.15) is 0 Å². The first-order valence-corrected chi connectivity index (χ1v) is 4.07. The minimum absolute atomic E-state index is 0.00539. The van der Waals surface area contributed by atoms with Crippen LogP contribution in [0, 0.1) is 22.7 Å². The Kier molecular flexibility index (Phi) is 3.70. The zero-order valence-corrected chi connectivity index (χ0v) is 8.06. The third-order valence-electron chi connectivity index (χ3n) is 1.57. The van der Waals surface area contributed by atoms with Crippen LogP contribution in [0.3, 0.4) is 0 Å². The standard InChI is InChI=1S/C10H8N4O/c1-15-10-3-2-9(7-14-10)13-6-8(4-11)5-12/h2-3,6-7,13H,1H3. The molecular formula is C10H8N4O. The van der Waals surface area contributed by atoms with Crippen molar-refractivity contribution in [2.45, 2.75) is 0 Å². The maximum atomic E-state index is 8.47. The second kappa shape index (κ2) is 5.25. The molecule has 1 heterocycles. The molecule has 0 aliphatic carbocycles. The fourth-order valence-electron chi connectivity index (χ4n) is 0.831. The van der Waals surface area contributed by atoms with Gasteiger partial charge in [0.05, 0.1) is 19.0 Å². The summed E-state index contributed by atoms with van der Waals surface area (Å²) in [6.07, 6.45) is 2.87. The van der Waals surface area contributed by atoms with E-state index in [1.807, 2.05) is 0 Å². The Morgan fingerprint density at radius 2 is 2.20 bits per heavy atom. The molecule has 0 aliphatic rings. The quantitative estimate of drug-likeness (QED) is 0.746. The Bertz CT molecular complexity index is 420. The normalized spacial score (nSPS) is 8.20. The highest BCUT2D eigenvalue weighted by Crippen LogP contribution is 2.10. The second-order valence-electron chi connectivity index (χ2n) is 2.52. The summed E-state index contributed by atoms with van der Waals surface area (Å²) in [6.45, 7) is 0. The third-order valence-corrected chi connectivity index (χ3v) is 1.57. The van der Waals surface area contributed by atoms with E-state index < -0.39 is 0 Å². The molecule has 0 aromatic carbocycles. The van der Waals surface area contributed by atoms with Crippen molar-refractivity contribution in [1.29, 1.82) is 10.5 Å². The van der Waals surface area contributed by atoms with E-state index >= 15 is 0 Å². The van der Waals surface area contributed by atoms with Crippen LogP contribution in [-0.4, -0.2) is 12.1 Å². The average Bonchev–Trinajstić information content (AvgIpc) is 2.31. The van der Waals surface area contributed by atoms with E-state index in [2.05, 4.69) is 10.3 Å². The lowest BCUT2D eigenvalue weighted by Gasteiger charge is -2.01. The molecule has 0 saturated carbocycles. The van der Waals surface area contributed by atoms with Gasteiger partial charge < -0.3 is 10.1 Å². The van der Waals surface area contributed by atoms with Crippen LogP contribution in [0.15, 0.2) is 30.1 Å². The molecule has 1 N–H and O–H groups in total. The number of ether oxygens (including phenoxy) is 1. The number of allylic oxidation sites excluding steroid dienone is 1. The van der Waals surface area contributed by atoms with Crippen molar-refractivity contribution in [3.8, 4) is 18.0 Å². The molecule has 5 nitrogen and oxygen atoms in total. The molecule has 0 spiro atoms. The largest absolute Gasteiger partial charge is 0.481 e. The van der Waals surface area contributed by atoms with Gasteiger partial charge in [-0.3, -0.25) is 0 Å². The fourth-order valence-corrected chi connectivity index (χ4v) is 0.831. The summed E-state index contributed by atoms with van der Waals surface area (Å²) in [5, 5.41) is 19.7. The summed E-state index contributed by atoms with van der Waals surface area (Å²) in [5.41, 5.74) is 0.685. The van der Waals surface area contributed by atoms with E-state index in [9.17, 15) is 0 Å². The molecule has 0 unspecified atom stereocenters. The maximum Gasteiger partial charge on any atom is 0.213 e. The van der Waals surface area contributed by atoms with Crippen LogP contribution < -0.4 is 10.1 Å². The van der Waals surface area contributed by atoms with Crippen molar-refractivity contribution in [3.05, 3.63) is 30.1 Å². The number of hydrogen-bond donors (Lipinski definition) is 1. The summed E-state index contributed by atoms with van der Waals surface area (Å²) < 4.78 is 4.88. The molecule has 0 aliphatic heterocycles. The van der Waals surface area contributed by atoms with E-state index in [0.29, 0.717) is 11.6 Å². The lowest BCUT2D eigenvalue weighted by Crippen LogP contribution is -1.92. The van der Waals surface area contributed by atoms with Crippen LogP contribution in [0.4, 0.5) is 5.69 Å². The van der Waals surface area contributed by atoms with E-state index in [-0.39, 0.29) is 5.57 Å². The number of aromatic nitrogens is 1. The number of anilines is 1. The molecule has 0 radical (unpaired) electrons. The van der Waals surface area contributed by atoms with E-state index in [1.165, 1.54) is 13.3 Å². The van der Waals surface area contributed by atoms with Crippen molar-refractivity contribution in [2.75, 3.05) is 12.4 Å². The molecule has 5 heteroatoms. The van der Waals surface area contributed by atoms with Gasteiger partial charge in [-0.2, -0.15) is 10.5 Å². The summed E-state index contributed by atoms with van der Waals surface area (Å²) in [7, 11) is 1.53. The van der Waals surface area contributed by atoms with Gasteiger partial charge in [0.15, 0.2) is 0 Å². The molecule has 1 aromatic heterocycles. The van der Waals surface area contributed by atoms with Gasteiger partial charge in [0.2, 0.25) is 5.88 Å². The lowest BCUT2D eigenvalue weighted by atomic mass is 10.3. The van der Waals surface area contributed by atoms with Crippen LogP contribution >= 0.6 is 0 Å². The zero-order valence-electron chi connectivity index (χ0n) is 8.06. The first-order chi connectivity index (χ1) is 7.30. The lowest BCUT2D eigenvalue weighted by molar-refractivity contribution is 0.398. The second-order valence-corrected chi connectivity index (χ2v) is 2.52. The predicted octanol–water partition coefficient (Wildman–Crippen LogP) is 1.43. The van der Waals surface area contributed by atoms with Crippen molar-refractivity contribution in [3.63, 3.8) is 0 Å². The van der Waals surface area contributed by atoms with Crippen molar-refractivity contribution >= 4 is 5.69 Å². The SMILES string of the molecule is COc1ccc(NC=C(C#N)C#N)cn1. The Morgan fingerprint density at radius 3 is 2.67 bits per heavy atom. The number of rotatable bonds is 3. The zero-order chi connectivity index (χ0) is 11.1. The summed E-state index contributed by atoms with van der Waals surface area (Å²) in [5.74, 6) is 0.505. The number of pyridine rings is 1. The van der Waals surface area contributed by atoms with Crippen molar-refractivity contribution in [1.82, 2.24) is 4.98 Å². The Morgan fingerprint density at radius 1 is 1.47 bits per heavy atom. The van der Waals surface area contributed by atoms with Gasteiger partial charge >= 0.3 is 0 Å². The van der Waals surface area contributed by atoms with Crippen LogP contribution in [0.2, 0.25) is 0 Å². The van der Waals surface area contributed by atoms with Gasteiger partial charge in [-0.25, -0.2) is 4.98 Å². The van der Waals surface area contributed by atoms with Crippen molar-refractivity contribution < 1.29 is 4.74 Å². The van der Waals surface area contributed by atoms with Crippen LogP contribution in [0.25, 0.3) is 0 Å². The van der Waals surface area contributed by atoms with Gasteiger partial charge in [0.25, 0.3) is 0 Å². The van der Waals surface area contributed by atoms with E-state index in [4.69, 9.17) is 15.3 Å². The number of nitrogens with one attached hydrogen (secondary N) is 1. The smallest absolute Gasteiger partial charge is 0.213 e. The monoisotopic (exact) mass is 200 g/mol. The maximum absolute atomic E-state index is 8.47. The minimum Gasteiger partial charge on any atom is -0.481 e. The molecule has 0 fully saturated rings. The minimum atomic E-state index is 0.00539. The van der Waals surface area contributed by atoms with Crippen molar-refractivity contribution in [2.24, 2.45) is 0 Å². The fraction of sp³-hybridized carbons (Fsp3) is 0.100. The van der Waals surface area contributed by atoms with Gasteiger partial charge in [0, 0.05) is 12.3 Å².